The molecule has 0 saturated carbocycles. The third kappa shape index (κ3) is 3.01. The summed E-state index contributed by atoms with van der Waals surface area (Å²) in [5.41, 5.74) is 2.39. The summed E-state index contributed by atoms with van der Waals surface area (Å²) in [5, 5.41) is 7.53. The van der Waals surface area contributed by atoms with Crippen LogP contribution in [0.4, 0.5) is 0 Å². The minimum Gasteiger partial charge on any atom is -0.467 e. The van der Waals surface area contributed by atoms with Crippen LogP contribution in [0, 0.1) is 0 Å². The molecule has 0 aromatic carbocycles. The fraction of sp³-hybridized carbons (Fsp3) is 0.333. The topological polar surface area (TPSA) is 47.0 Å². The molecule has 0 spiro atoms. The van der Waals surface area contributed by atoms with Crippen molar-refractivity contribution in [3.63, 3.8) is 0 Å². The second-order valence-corrected chi connectivity index (χ2v) is 4.46. The summed E-state index contributed by atoms with van der Waals surface area (Å²) >= 11 is 1.71. The minimum atomic E-state index is 0.232. The van der Waals surface area contributed by atoms with Crippen molar-refractivity contribution < 1.29 is 4.74 Å². The van der Waals surface area contributed by atoms with Gasteiger partial charge in [0.1, 0.15) is 0 Å². The molecule has 2 aromatic rings. The van der Waals surface area contributed by atoms with Crippen LogP contribution in [0.25, 0.3) is 0 Å². The lowest BCUT2D eigenvalue weighted by Crippen LogP contribution is -2.19. The standard InChI is InChI=1S/C12H15N3OS/c1-13-11(5-9-3-4-17-8-9)10-6-14-12(16-2)15-7-10/h3-4,6-8,11,13H,5H2,1-2H3. The van der Waals surface area contributed by atoms with Crippen molar-refractivity contribution in [1.82, 2.24) is 15.3 Å². The van der Waals surface area contributed by atoms with Gasteiger partial charge in [0.25, 0.3) is 0 Å². The Morgan fingerprint density at radius 2 is 2.18 bits per heavy atom. The first-order valence-electron chi connectivity index (χ1n) is 5.37. The molecule has 0 bridgehead atoms. The maximum absolute atomic E-state index is 4.95. The third-order valence-electron chi connectivity index (χ3n) is 2.60. The van der Waals surface area contributed by atoms with Crippen LogP contribution in [0.3, 0.4) is 0 Å². The summed E-state index contributed by atoms with van der Waals surface area (Å²) in [6.07, 6.45) is 4.55. The highest BCUT2D eigenvalue weighted by molar-refractivity contribution is 7.07. The highest BCUT2D eigenvalue weighted by Gasteiger charge is 2.11. The van der Waals surface area contributed by atoms with Crippen LogP contribution in [-0.4, -0.2) is 24.1 Å². The quantitative estimate of drug-likeness (QED) is 0.881. The molecular formula is C12H15N3OS. The van der Waals surface area contributed by atoms with E-state index in [1.165, 1.54) is 5.56 Å². The maximum atomic E-state index is 4.95. The fourth-order valence-corrected chi connectivity index (χ4v) is 2.32. The Morgan fingerprint density at radius 1 is 1.41 bits per heavy atom. The van der Waals surface area contributed by atoms with Gasteiger partial charge in [-0.3, -0.25) is 0 Å². The molecule has 1 N–H and O–H groups in total. The zero-order chi connectivity index (χ0) is 12.1. The first-order chi connectivity index (χ1) is 8.33. The second-order valence-electron chi connectivity index (χ2n) is 3.68. The normalized spacial score (nSPS) is 12.4. The molecule has 0 fully saturated rings. The van der Waals surface area contributed by atoms with E-state index < -0.39 is 0 Å². The van der Waals surface area contributed by atoms with Crippen LogP contribution in [0.2, 0.25) is 0 Å². The van der Waals surface area contributed by atoms with E-state index in [0.717, 1.165) is 12.0 Å². The average Bonchev–Trinajstić information content (AvgIpc) is 2.89. The van der Waals surface area contributed by atoms with Gasteiger partial charge in [0, 0.05) is 24.0 Å². The van der Waals surface area contributed by atoms with E-state index >= 15 is 0 Å². The van der Waals surface area contributed by atoms with Gasteiger partial charge in [-0.15, -0.1) is 0 Å². The van der Waals surface area contributed by atoms with E-state index in [1.54, 1.807) is 30.8 Å². The summed E-state index contributed by atoms with van der Waals surface area (Å²) in [4.78, 5) is 8.25. The molecule has 0 radical (unpaired) electrons. The summed E-state index contributed by atoms with van der Waals surface area (Å²) in [6, 6.07) is 2.77. The Bertz CT molecular complexity index is 441. The van der Waals surface area contributed by atoms with Gasteiger partial charge in [-0.2, -0.15) is 11.3 Å². The highest BCUT2D eigenvalue weighted by Crippen LogP contribution is 2.19. The van der Waals surface area contributed by atoms with Gasteiger partial charge < -0.3 is 10.1 Å². The molecule has 1 unspecified atom stereocenters. The van der Waals surface area contributed by atoms with Gasteiger partial charge in [-0.05, 0) is 35.9 Å². The Hall–Kier alpha value is -1.46. The number of likely N-dealkylation sites (N-methyl/N-ethyl adjacent to an activating group) is 1. The van der Waals surface area contributed by atoms with E-state index in [4.69, 9.17) is 4.74 Å². The van der Waals surface area contributed by atoms with Crippen molar-refractivity contribution in [2.24, 2.45) is 0 Å². The Labute approximate surface area is 105 Å². The van der Waals surface area contributed by atoms with E-state index in [-0.39, 0.29) is 6.04 Å². The number of hydrogen-bond donors (Lipinski definition) is 1. The molecule has 2 rings (SSSR count). The van der Waals surface area contributed by atoms with Gasteiger partial charge in [0.05, 0.1) is 7.11 Å². The number of aromatic nitrogens is 2. The molecule has 5 heteroatoms. The number of rotatable bonds is 5. The predicted molar refractivity (Wildman–Crippen MR) is 68.4 cm³/mol. The number of nitrogens with one attached hydrogen (secondary N) is 1. The number of methoxy groups -OCH3 is 1. The lowest BCUT2D eigenvalue weighted by atomic mass is 10.0. The SMILES string of the molecule is CNC(Cc1ccsc1)c1cnc(OC)nc1. The Morgan fingerprint density at radius 3 is 2.71 bits per heavy atom. The summed E-state index contributed by atoms with van der Waals surface area (Å²) < 4.78 is 4.95. The Kier molecular flexibility index (Phi) is 4.06. The predicted octanol–water partition coefficient (Wildman–Crippen LogP) is 2.05. The molecule has 4 nitrogen and oxygen atoms in total. The minimum absolute atomic E-state index is 0.232. The van der Waals surface area contributed by atoms with Crippen molar-refractivity contribution in [2.45, 2.75) is 12.5 Å². The van der Waals surface area contributed by atoms with Crippen LogP contribution in [0.1, 0.15) is 17.2 Å². The molecule has 0 aliphatic rings. The van der Waals surface area contributed by atoms with Crippen LogP contribution < -0.4 is 10.1 Å². The van der Waals surface area contributed by atoms with Crippen molar-refractivity contribution >= 4 is 11.3 Å². The van der Waals surface area contributed by atoms with Gasteiger partial charge in [0.2, 0.25) is 0 Å². The van der Waals surface area contributed by atoms with E-state index in [9.17, 15) is 0 Å². The molecule has 17 heavy (non-hydrogen) atoms. The number of hydrogen-bond acceptors (Lipinski definition) is 5. The van der Waals surface area contributed by atoms with Crippen LogP contribution in [0.5, 0.6) is 6.01 Å². The van der Waals surface area contributed by atoms with Crippen molar-refractivity contribution in [3.8, 4) is 6.01 Å². The van der Waals surface area contributed by atoms with Crippen LogP contribution in [-0.2, 0) is 6.42 Å². The summed E-state index contributed by atoms with van der Waals surface area (Å²) in [6.45, 7) is 0. The van der Waals surface area contributed by atoms with E-state index in [1.807, 2.05) is 7.05 Å². The summed E-state index contributed by atoms with van der Waals surface area (Å²) in [7, 11) is 3.51. The second kappa shape index (κ2) is 5.75. The third-order valence-corrected chi connectivity index (χ3v) is 3.33. The highest BCUT2D eigenvalue weighted by atomic mass is 32.1. The molecule has 0 aliphatic carbocycles. The van der Waals surface area contributed by atoms with Crippen LogP contribution in [0.15, 0.2) is 29.2 Å². The molecular weight excluding hydrogens is 234 g/mol. The van der Waals surface area contributed by atoms with Gasteiger partial charge >= 0.3 is 6.01 Å². The van der Waals surface area contributed by atoms with Gasteiger partial charge in [0.15, 0.2) is 0 Å². The van der Waals surface area contributed by atoms with Crippen molar-refractivity contribution in [2.75, 3.05) is 14.2 Å². The largest absolute Gasteiger partial charge is 0.467 e. The van der Waals surface area contributed by atoms with Crippen molar-refractivity contribution in [1.29, 1.82) is 0 Å². The molecule has 0 amide bonds. The summed E-state index contributed by atoms with van der Waals surface area (Å²) in [5.74, 6) is 0. The molecule has 0 aliphatic heterocycles. The van der Waals surface area contributed by atoms with Crippen LogP contribution >= 0.6 is 11.3 Å². The molecule has 1 atom stereocenters. The molecule has 2 heterocycles. The zero-order valence-electron chi connectivity index (χ0n) is 9.88. The first-order valence-corrected chi connectivity index (χ1v) is 6.32. The van der Waals surface area contributed by atoms with E-state index in [0.29, 0.717) is 6.01 Å². The molecule has 0 saturated heterocycles. The van der Waals surface area contributed by atoms with E-state index in [2.05, 4.69) is 32.1 Å². The number of nitrogens with zero attached hydrogens (tertiary/aromatic N) is 2. The lowest BCUT2D eigenvalue weighted by molar-refractivity contribution is 0.378. The average molecular weight is 249 g/mol. The van der Waals surface area contributed by atoms with Gasteiger partial charge in [-0.1, -0.05) is 0 Å². The first kappa shape index (κ1) is 12.0. The molecule has 90 valence electrons. The Balaban J connectivity index is 2.11. The number of thiophene rings is 1. The fourth-order valence-electron chi connectivity index (χ4n) is 1.64. The molecule has 2 aromatic heterocycles. The smallest absolute Gasteiger partial charge is 0.316 e. The lowest BCUT2D eigenvalue weighted by Gasteiger charge is -2.15. The monoisotopic (exact) mass is 249 g/mol. The maximum Gasteiger partial charge on any atom is 0.316 e. The number of ether oxygens (including phenoxy) is 1. The van der Waals surface area contributed by atoms with Crippen molar-refractivity contribution in [3.05, 3.63) is 40.3 Å². The zero-order valence-corrected chi connectivity index (χ0v) is 10.7. The van der Waals surface area contributed by atoms with Gasteiger partial charge in [-0.25, -0.2) is 9.97 Å².